The molecule has 0 spiro atoms. The Morgan fingerprint density at radius 2 is 1.61 bits per heavy atom. The average Bonchev–Trinajstić information content (AvgIpc) is 3.77. The standard InChI is InChI=1S/C29H32FN5O3/c30-22-5-1-20(2-6-22)25-18-26(25)31-19-23-17-27(29(36)35-11-15-38-16-12-35)33-28(32-23)21-3-7-24(8-4-21)34-9-13-37-14-10-34/h1-8,17,25-26,31H,9-16,18-19H2/t25-,26+/m0/s1. The number of benzene rings is 2. The van der Waals surface area contributed by atoms with Crippen molar-refractivity contribution in [2.45, 2.75) is 24.9 Å². The van der Waals surface area contributed by atoms with Crippen LogP contribution in [0.1, 0.15) is 34.1 Å². The van der Waals surface area contributed by atoms with Crippen LogP contribution in [-0.4, -0.2) is 79.4 Å². The van der Waals surface area contributed by atoms with Crippen LogP contribution < -0.4 is 10.2 Å². The number of nitrogens with one attached hydrogen (secondary N) is 1. The van der Waals surface area contributed by atoms with Crippen molar-refractivity contribution in [3.63, 3.8) is 0 Å². The van der Waals surface area contributed by atoms with Gasteiger partial charge in [0.15, 0.2) is 5.82 Å². The van der Waals surface area contributed by atoms with Crippen LogP contribution in [0.3, 0.4) is 0 Å². The maximum atomic E-state index is 13.3. The second-order valence-electron chi connectivity index (χ2n) is 10.0. The van der Waals surface area contributed by atoms with Gasteiger partial charge in [-0.3, -0.25) is 4.79 Å². The van der Waals surface area contributed by atoms with E-state index in [1.165, 1.54) is 12.1 Å². The highest BCUT2D eigenvalue weighted by atomic mass is 19.1. The third-order valence-electron chi connectivity index (χ3n) is 7.43. The molecule has 0 radical (unpaired) electrons. The summed E-state index contributed by atoms with van der Waals surface area (Å²) in [6.07, 6.45) is 0.992. The molecule has 1 saturated carbocycles. The van der Waals surface area contributed by atoms with E-state index in [0.717, 1.165) is 55.2 Å². The summed E-state index contributed by atoms with van der Waals surface area (Å²) in [5, 5.41) is 3.57. The number of halogens is 1. The number of anilines is 1. The fraction of sp³-hybridized carbons (Fsp3) is 0.414. The first-order valence-electron chi connectivity index (χ1n) is 13.3. The summed E-state index contributed by atoms with van der Waals surface area (Å²) in [5.41, 5.74) is 4.32. The smallest absolute Gasteiger partial charge is 0.272 e. The largest absolute Gasteiger partial charge is 0.378 e. The number of hydrogen-bond donors (Lipinski definition) is 1. The molecule has 1 aliphatic carbocycles. The number of amides is 1. The Hall–Kier alpha value is -3.40. The highest BCUT2D eigenvalue weighted by molar-refractivity contribution is 5.93. The quantitative estimate of drug-likeness (QED) is 0.516. The van der Waals surface area contributed by atoms with E-state index in [0.29, 0.717) is 56.3 Å². The summed E-state index contributed by atoms with van der Waals surface area (Å²) >= 11 is 0. The minimum Gasteiger partial charge on any atom is -0.378 e. The molecular weight excluding hydrogens is 485 g/mol. The van der Waals surface area contributed by atoms with Gasteiger partial charge in [0.1, 0.15) is 11.5 Å². The second kappa shape index (κ2) is 11.1. The molecule has 3 aromatic rings. The Morgan fingerprint density at radius 1 is 0.921 bits per heavy atom. The van der Waals surface area contributed by atoms with Gasteiger partial charge in [0.25, 0.3) is 5.91 Å². The van der Waals surface area contributed by atoms with Crippen LogP contribution in [0.15, 0.2) is 54.6 Å². The number of carbonyl (C=O) groups excluding carboxylic acids is 1. The van der Waals surface area contributed by atoms with Crippen LogP contribution in [0, 0.1) is 5.82 Å². The van der Waals surface area contributed by atoms with Crippen molar-refractivity contribution in [3.05, 3.63) is 77.4 Å². The van der Waals surface area contributed by atoms with Gasteiger partial charge in [-0.05, 0) is 54.4 Å². The third kappa shape index (κ3) is 5.70. The number of hydrogen-bond acceptors (Lipinski definition) is 7. The molecule has 9 heteroatoms. The molecule has 6 rings (SSSR count). The maximum absolute atomic E-state index is 13.3. The van der Waals surface area contributed by atoms with E-state index in [-0.39, 0.29) is 11.7 Å². The molecule has 2 saturated heterocycles. The Kier molecular flexibility index (Phi) is 7.31. The molecule has 2 aliphatic heterocycles. The number of ether oxygens (including phenoxy) is 2. The first-order valence-corrected chi connectivity index (χ1v) is 13.3. The minimum absolute atomic E-state index is 0.0984. The number of carbonyl (C=O) groups is 1. The Labute approximate surface area is 221 Å². The summed E-state index contributed by atoms with van der Waals surface area (Å²) in [6.45, 7) is 5.91. The van der Waals surface area contributed by atoms with Gasteiger partial charge in [0.05, 0.1) is 32.1 Å². The average molecular weight is 518 g/mol. The molecule has 0 bridgehead atoms. The lowest BCUT2D eigenvalue weighted by Gasteiger charge is -2.29. The topological polar surface area (TPSA) is 79.8 Å². The normalized spacial score (nSPS) is 21.4. The number of nitrogens with zero attached hydrogens (tertiary/aromatic N) is 4. The second-order valence-corrected chi connectivity index (χ2v) is 10.0. The number of aromatic nitrogens is 2. The minimum atomic E-state index is -0.220. The molecule has 0 unspecified atom stereocenters. The van der Waals surface area contributed by atoms with Gasteiger partial charge in [0, 0.05) is 55.9 Å². The fourth-order valence-electron chi connectivity index (χ4n) is 5.13. The van der Waals surface area contributed by atoms with Crippen molar-refractivity contribution in [1.29, 1.82) is 0 Å². The van der Waals surface area contributed by atoms with Crippen molar-refractivity contribution >= 4 is 11.6 Å². The highest BCUT2D eigenvalue weighted by Gasteiger charge is 2.38. The van der Waals surface area contributed by atoms with Gasteiger partial charge < -0.3 is 24.6 Å². The summed E-state index contributed by atoms with van der Waals surface area (Å²) in [6, 6.07) is 17.0. The van der Waals surface area contributed by atoms with Gasteiger partial charge in [-0.2, -0.15) is 0 Å². The molecule has 38 heavy (non-hydrogen) atoms. The first kappa shape index (κ1) is 24.9. The molecule has 8 nitrogen and oxygen atoms in total. The lowest BCUT2D eigenvalue weighted by molar-refractivity contribution is 0.0299. The Morgan fingerprint density at radius 3 is 2.32 bits per heavy atom. The molecule has 2 atom stereocenters. The zero-order valence-electron chi connectivity index (χ0n) is 21.3. The van der Waals surface area contributed by atoms with Gasteiger partial charge in [-0.1, -0.05) is 12.1 Å². The van der Waals surface area contributed by atoms with Crippen LogP contribution in [0.5, 0.6) is 0 Å². The van der Waals surface area contributed by atoms with Crippen LogP contribution in [0.4, 0.5) is 10.1 Å². The lowest BCUT2D eigenvalue weighted by atomic mass is 10.1. The third-order valence-corrected chi connectivity index (χ3v) is 7.43. The summed E-state index contributed by atoms with van der Waals surface area (Å²) in [7, 11) is 0. The van der Waals surface area contributed by atoms with Crippen molar-refractivity contribution in [2.75, 3.05) is 57.5 Å². The Bertz CT molecular complexity index is 1260. The molecule has 1 amide bonds. The zero-order chi connectivity index (χ0) is 25.9. The van der Waals surface area contributed by atoms with Gasteiger partial charge in [-0.25, -0.2) is 14.4 Å². The molecular formula is C29H32FN5O3. The molecule has 3 aliphatic rings. The van der Waals surface area contributed by atoms with Crippen LogP contribution >= 0.6 is 0 Å². The molecule has 3 heterocycles. The summed E-state index contributed by atoms with van der Waals surface area (Å²) in [4.78, 5) is 26.9. The Balaban J connectivity index is 1.21. The van der Waals surface area contributed by atoms with Crippen LogP contribution in [0.2, 0.25) is 0 Å². The van der Waals surface area contributed by atoms with Gasteiger partial charge >= 0.3 is 0 Å². The lowest BCUT2D eigenvalue weighted by Crippen LogP contribution is -2.41. The monoisotopic (exact) mass is 517 g/mol. The van der Waals surface area contributed by atoms with Crippen LogP contribution in [-0.2, 0) is 16.0 Å². The molecule has 198 valence electrons. The van der Waals surface area contributed by atoms with E-state index in [1.807, 2.05) is 24.3 Å². The van der Waals surface area contributed by atoms with Crippen molar-refractivity contribution < 1.29 is 18.7 Å². The predicted octanol–water partition coefficient (Wildman–Crippen LogP) is 3.24. The zero-order valence-corrected chi connectivity index (χ0v) is 21.3. The van der Waals surface area contributed by atoms with Crippen molar-refractivity contribution in [1.82, 2.24) is 20.2 Å². The molecule has 1 N–H and O–H groups in total. The number of morpholine rings is 2. The van der Waals surface area contributed by atoms with E-state index < -0.39 is 0 Å². The van der Waals surface area contributed by atoms with E-state index in [2.05, 4.69) is 22.3 Å². The van der Waals surface area contributed by atoms with E-state index in [4.69, 9.17) is 19.4 Å². The maximum Gasteiger partial charge on any atom is 0.272 e. The van der Waals surface area contributed by atoms with Crippen LogP contribution in [0.25, 0.3) is 11.4 Å². The summed E-state index contributed by atoms with van der Waals surface area (Å²) in [5.74, 6) is 0.584. The van der Waals surface area contributed by atoms with Crippen molar-refractivity contribution in [2.24, 2.45) is 0 Å². The van der Waals surface area contributed by atoms with Gasteiger partial charge in [0.2, 0.25) is 0 Å². The van der Waals surface area contributed by atoms with E-state index in [9.17, 15) is 9.18 Å². The highest BCUT2D eigenvalue weighted by Crippen LogP contribution is 2.40. The van der Waals surface area contributed by atoms with Crippen molar-refractivity contribution in [3.8, 4) is 11.4 Å². The SMILES string of the molecule is O=C(c1cc(CN[C@@H]2C[C@H]2c2ccc(F)cc2)nc(-c2ccc(N3CCOCC3)cc2)n1)N1CCOCC1. The van der Waals surface area contributed by atoms with Gasteiger partial charge in [-0.15, -0.1) is 0 Å². The fourth-order valence-corrected chi connectivity index (χ4v) is 5.13. The van der Waals surface area contributed by atoms with E-state index in [1.54, 1.807) is 11.0 Å². The summed E-state index contributed by atoms with van der Waals surface area (Å²) < 4.78 is 24.2. The molecule has 2 aromatic carbocycles. The molecule has 3 fully saturated rings. The predicted molar refractivity (Wildman–Crippen MR) is 142 cm³/mol. The molecule has 1 aromatic heterocycles. The number of rotatable bonds is 7. The van der Waals surface area contributed by atoms with E-state index >= 15 is 0 Å². The first-order chi connectivity index (χ1) is 18.6.